The zero-order valence-electron chi connectivity index (χ0n) is 20.4. The third kappa shape index (κ3) is 5.87. The fraction of sp³-hybridized carbons (Fsp3) is 0.440. The summed E-state index contributed by atoms with van der Waals surface area (Å²) < 4.78 is 9.52. The SMILES string of the molecule is C=CCn1c(Cc2cccn2C)nnc1SCC(=O)Nc1sc2c(c1C(=O)OC(C)C)CCCC2. The topological polar surface area (TPSA) is 91.0 Å². The van der Waals surface area contributed by atoms with Gasteiger partial charge < -0.3 is 19.2 Å². The number of anilines is 1. The number of thiophene rings is 1. The predicted molar refractivity (Wildman–Crippen MR) is 139 cm³/mol. The number of allylic oxidation sites excluding steroid dienone is 1. The van der Waals surface area contributed by atoms with Gasteiger partial charge in [-0.25, -0.2) is 4.79 Å². The van der Waals surface area contributed by atoms with Crippen LogP contribution in [0, 0.1) is 0 Å². The Balaban J connectivity index is 1.47. The zero-order valence-corrected chi connectivity index (χ0v) is 22.0. The number of rotatable bonds is 10. The number of aromatic nitrogens is 4. The molecule has 0 radical (unpaired) electrons. The van der Waals surface area contributed by atoms with Gasteiger partial charge in [0.2, 0.25) is 5.91 Å². The maximum atomic E-state index is 12.9. The highest BCUT2D eigenvalue weighted by atomic mass is 32.2. The van der Waals surface area contributed by atoms with E-state index in [4.69, 9.17) is 4.74 Å². The summed E-state index contributed by atoms with van der Waals surface area (Å²) in [5.41, 5.74) is 2.68. The van der Waals surface area contributed by atoms with E-state index in [1.165, 1.54) is 28.0 Å². The predicted octanol–water partition coefficient (Wildman–Crippen LogP) is 4.63. The number of aryl methyl sites for hydroxylation is 2. The van der Waals surface area contributed by atoms with Crippen LogP contribution in [0.5, 0.6) is 0 Å². The molecule has 10 heteroatoms. The highest BCUT2D eigenvalue weighted by Crippen LogP contribution is 2.39. The third-order valence-corrected chi connectivity index (χ3v) is 7.97. The van der Waals surface area contributed by atoms with Crippen LogP contribution < -0.4 is 5.32 Å². The van der Waals surface area contributed by atoms with Crippen LogP contribution in [0.25, 0.3) is 0 Å². The number of esters is 1. The first-order chi connectivity index (χ1) is 16.9. The first-order valence-electron chi connectivity index (χ1n) is 11.8. The van der Waals surface area contributed by atoms with Gasteiger partial charge in [0.25, 0.3) is 0 Å². The highest BCUT2D eigenvalue weighted by Gasteiger charge is 2.28. The molecule has 0 aromatic carbocycles. The number of thioether (sulfide) groups is 1. The summed E-state index contributed by atoms with van der Waals surface area (Å²) in [4.78, 5) is 26.9. The summed E-state index contributed by atoms with van der Waals surface area (Å²) in [5, 5.41) is 12.9. The summed E-state index contributed by atoms with van der Waals surface area (Å²) >= 11 is 2.82. The van der Waals surface area contributed by atoms with Crippen molar-refractivity contribution in [3.8, 4) is 0 Å². The second kappa shape index (κ2) is 11.3. The minimum absolute atomic E-state index is 0.153. The Morgan fingerprint density at radius 3 is 2.83 bits per heavy atom. The smallest absolute Gasteiger partial charge is 0.341 e. The molecule has 0 unspecified atom stereocenters. The van der Waals surface area contributed by atoms with E-state index in [0.717, 1.165) is 42.8 Å². The summed E-state index contributed by atoms with van der Waals surface area (Å²) in [6.07, 6.45) is 8.12. The second-order valence-electron chi connectivity index (χ2n) is 8.79. The Bertz CT molecular complexity index is 1220. The summed E-state index contributed by atoms with van der Waals surface area (Å²) in [6, 6.07) is 4.05. The van der Waals surface area contributed by atoms with E-state index in [1.54, 1.807) is 6.08 Å². The van der Waals surface area contributed by atoms with Gasteiger partial charge >= 0.3 is 5.97 Å². The molecule has 1 aliphatic carbocycles. The zero-order chi connectivity index (χ0) is 24.9. The van der Waals surface area contributed by atoms with Crippen molar-refractivity contribution in [2.45, 2.75) is 63.8 Å². The van der Waals surface area contributed by atoms with Crippen LogP contribution in [-0.4, -0.2) is 43.1 Å². The Hall–Kier alpha value is -2.85. The lowest BCUT2D eigenvalue weighted by Gasteiger charge is -2.14. The van der Waals surface area contributed by atoms with Crippen molar-refractivity contribution in [2.75, 3.05) is 11.1 Å². The molecule has 186 valence electrons. The first kappa shape index (κ1) is 25.2. The van der Waals surface area contributed by atoms with Crippen molar-refractivity contribution in [1.82, 2.24) is 19.3 Å². The molecular formula is C25H31N5O3S2. The van der Waals surface area contributed by atoms with E-state index >= 15 is 0 Å². The standard InChI is InChI=1S/C25H31N5O3S2/c1-5-12-30-20(14-17-9-8-13-29(17)4)27-28-25(30)34-15-21(31)26-23-22(24(32)33-16(2)3)18-10-6-7-11-19(18)35-23/h5,8-9,13,16H,1,6-7,10-12,14-15H2,2-4H3,(H,26,31). The quantitative estimate of drug-likeness (QED) is 0.241. The van der Waals surface area contributed by atoms with Crippen LogP contribution in [-0.2, 0) is 42.4 Å². The van der Waals surface area contributed by atoms with Crippen molar-refractivity contribution in [2.24, 2.45) is 7.05 Å². The number of ether oxygens (including phenoxy) is 1. The van der Waals surface area contributed by atoms with Gasteiger partial charge in [-0.2, -0.15) is 0 Å². The van der Waals surface area contributed by atoms with Crippen LogP contribution >= 0.6 is 23.1 Å². The molecule has 0 saturated carbocycles. The molecule has 1 amide bonds. The Morgan fingerprint density at radius 2 is 2.11 bits per heavy atom. The molecule has 3 aromatic rings. The largest absolute Gasteiger partial charge is 0.459 e. The molecule has 0 fully saturated rings. The van der Waals surface area contributed by atoms with Gasteiger partial charge in [-0.3, -0.25) is 4.79 Å². The molecule has 3 aromatic heterocycles. The van der Waals surface area contributed by atoms with Crippen molar-refractivity contribution in [1.29, 1.82) is 0 Å². The summed E-state index contributed by atoms with van der Waals surface area (Å²) in [5.74, 6) is 0.419. The molecule has 35 heavy (non-hydrogen) atoms. The number of amides is 1. The average molecular weight is 514 g/mol. The first-order valence-corrected chi connectivity index (χ1v) is 13.6. The van der Waals surface area contributed by atoms with Crippen molar-refractivity contribution in [3.63, 3.8) is 0 Å². The number of carbonyl (C=O) groups is 2. The molecule has 0 saturated heterocycles. The third-order valence-electron chi connectivity index (χ3n) is 5.80. The van der Waals surface area contributed by atoms with E-state index < -0.39 is 0 Å². The van der Waals surface area contributed by atoms with Crippen LogP contribution in [0.1, 0.15) is 59.0 Å². The molecule has 3 heterocycles. The average Bonchev–Trinajstić information content (AvgIpc) is 3.50. The summed E-state index contributed by atoms with van der Waals surface area (Å²) in [6.45, 7) is 8.07. The van der Waals surface area contributed by atoms with Gasteiger partial charge in [0.05, 0.1) is 17.4 Å². The second-order valence-corrected chi connectivity index (χ2v) is 10.8. The molecule has 4 rings (SSSR count). The van der Waals surface area contributed by atoms with Gasteiger partial charge in [-0.05, 0) is 57.2 Å². The van der Waals surface area contributed by atoms with Gasteiger partial charge in [-0.1, -0.05) is 17.8 Å². The molecule has 1 N–H and O–H groups in total. The fourth-order valence-corrected chi connectivity index (χ4v) is 6.21. The highest BCUT2D eigenvalue weighted by molar-refractivity contribution is 7.99. The lowest BCUT2D eigenvalue weighted by molar-refractivity contribution is -0.113. The minimum Gasteiger partial charge on any atom is -0.459 e. The molecule has 0 atom stereocenters. The van der Waals surface area contributed by atoms with Crippen molar-refractivity contribution in [3.05, 3.63) is 58.5 Å². The Morgan fingerprint density at radius 1 is 1.31 bits per heavy atom. The van der Waals surface area contributed by atoms with Gasteiger partial charge in [0.1, 0.15) is 10.8 Å². The number of fused-ring (bicyclic) bond motifs is 1. The molecule has 0 bridgehead atoms. The van der Waals surface area contributed by atoms with Crippen molar-refractivity contribution >= 4 is 40.0 Å². The van der Waals surface area contributed by atoms with Crippen LogP contribution in [0.2, 0.25) is 0 Å². The van der Waals surface area contributed by atoms with Gasteiger partial charge in [0.15, 0.2) is 5.16 Å². The lowest BCUT2D eigenvalue weighted by Crippen LogP contribution is -2.19. The van der Waals surface area contributed by atoms with E-state index in [2.05, 4.69) is 32.7 Å². The van der Waals surface area contributed by atoms with E-state index in [9.17, 15) is 9.59 Å². The number of nitrogens with zero attached hydrogens (tertiary/aromatic N) is 4. The van der Waals surface area contributed by atoms with E-state index in [1.807, 2.05) is 37.7 Å². The molecule has 8 nitrogen and oxygen atoms in total. The number of hydrogen-bond acceptors (Lipinski definition) is 7. The molecule has 1 aliphatic rings. The number of nitrogens with one attached hydrogen (secondary N) is 1. The van der Waals surface area contributed by atoms with Crippen LogP contribution in [0.4, 0.5) is 5.00 Å². The number of hydrogen-bond donors (Lipinski definition) is 1. The van der Waals surface area contributed by atoms with E-state index in [0.29, 0.717) is 28.7 Å². The Kier molecular flexibility index (Phi) is 8.12. The maximum Gasteiger partial charge on any atom is 0.341 e. The van der Waals surface area contributed by atoms with Gasteiger partial charge in [-0.15, -0.1) is 28.1 Å². The monoisotopic (exact) mass is 513 g/mol. The molecule has 0 aliphatic heterocycles. The minimum atomic E-state index is -0.363. The summed E-state index contributed by atoms with van der Waals surface area (Å²) in [7, 11) is 2.00. The molecular weight excluding hydrogens is 482 g/mol. The van der Waals surface area contributed by atoms with E-state index in [-0.39, 0.29) is 23.7 Å². The fourth-order valence-electron chi connectivity index (χ4n) is 4.15. The van der Waals surface area contributed by atoms with Crippen molar-refractivity contribution < 1.29 is 14.3 Å². The van der Waals surface area contributed by atoms with Crippen LogP contribution in [0.3, 0.4) is 0 Å². The lowest BCUT2D eigenvalue weighted by atomic mass is 9.95. The molecule has 0 spiro atoms. The van der Waals surface area contributed by atoms with Crippen LogP contribution in [0.15, 0.2) is 36.1 Å². The number of carbonyl (C=O) groups excluding carboxylic acids is 2. The Labute approximate surface area is 213 Å². The normalized spacial score (nSPS) is 13.0. The maximum absolute atomic E-state index is 12.9. The van der Waals surface area contributed by atoms with Gasteiger partial charge in [0, 0.05) is 36.8 Å².